The van der Waals surface area contributed by atoms with Crippen molar-refractivity contribution in [3.05, 3.63) is 101 Å². The molecule has 3 aromatic rings. The number of esters is 1. The average Bonchev–Trinajstić information content (AvgIpc) is 3.49. The van der Waals surface area contributed by atoms with Crippen LogP contribution >= 0.6 is 11.8 Å². The van der Waals surface area contributed by atoms with E-state index in [1.54, 1.807) is 24.3 Å². The Morgan fingerprint density at radius 3 is 2.24 bits per heavy atom. The molecule has 0 saturated carbocycles. The molecule has 3 atom stereocenters. The number of carbonyl (C=O) groups excluding carboxylic acids is 5. The molecule has 3 aromatic carbocycles. The molecule has 0 aliphatic carbocycles. The quantitative estimate of drug-likeness (QED) is 0.231. The molecular formula is C34H36N2O8S. The van der Waals surface area contributed by atoms with Gasteiger partial charge in [0.2, 0.25) is 11.8 Å². The second-order valence-electron chi connectivity index (χ2n) is 10.6. The first kappa shape index (κ1) is 33.3. The Kier molecular flexibility index (Phi) is 11.7. The molecule has 2 amide bonds. The van der Waals surface area contributed by atoms with Gasteiger partial charge in [0.1, 0.15) is 18.4 Å². The second-order valence-corrected chi connectivity index (χ2v) is 12.0. The number of aryl methyl sites for hydroxylation is 1. The molecule has 10 nitrogen and oxygen atoms in total. The Hall–Kier alpha value is -4.64. The van der Waals surface area contributed by atoms with Crippen LogP contribution in [0.3, 0.4) is 0 Å². The highest BCUT2D eigenvalue weighted by atomic mass is 32.2. The standard InChI is InChI=1S/C34H36N2O8S/c1-22-9-13-26(14-10-22)28-17-18-29(33(40)42-3)36(28)31(38)20-35-32(39)30(45-23(2)37)19-24-11-15-27(16-12-24)44-34(41)43-21-25-7-5-4-6-8-25/h4-16,28-30H,17-21H2,1-3H3,(H,35,39)/t28?,29-,30?/m0/s1. The van der Waals surface area contributed by atoms with Crippen LogP contribution in [0.4, 0.5) is 4.79 Å². The minimum atomic E-state index is -0.849. The number of ether oxygens (including phenoxy) is 3. The molecule has 0 bridgehead atoms. The number of rotatable bonds is 11. The monoisotopic (exact) mass is 632 g/mol. The first-order chi connectivity index (χ1) is 21.6. The largest absolute Gasteiger partial charge is 0.514 e. The minimum absolute atomic E-state index is 0.0764. The summed E-state index contributed by atoms with van der Waals surface area (Å²) in [7, 11) is 1.28. The number of amides is 2. The molecule has 0 aromatic heterocycles. The number of carbonyl (C=O) groups is 5. The van der Waals surface area contributed by atoms with Crippen LogP contribution in [0, 0.1) is 6.92 Å². The van der Waals surface area contributed by atoms with E-state index in [2.05, 4.69) is 5.32 Å². The van der Waals surface area contributed by atoms with E-state index >= 15 is 0 Å². The fraction of sp³-hybridized carbons (Fsp3) is 0.324. The van der Waals surface area contributed by atoms with E-state index < -0.39 is 35.2 Å². The zero-order valence-electron chi connectivity index (χ0n) is 25.4. The Morgan fingerprint density at radius 2 is 1.60 bits per heavy atom. The summed E-state index contributed by atoms with van der Waals surface area (Å²) in [6.45, 7) is 3.07. The third-order valence-corrected chi connectivity index (χ3v) is 8.37. The van der Waals surface area contributed by atoms with Crippen molar-refractivity contribution in [2.75, 3.05) is 13.7 Å². The minimum Gasteiger partial charge on any atom is -0.467 e. The van der Waals surface area contributed by atoms with Gasteiger partial charge in [0.25, 0.3) is 0 Å². The van der Waals surface area contributed by atoms with Crippen LogP contribution in [0.15, 0.2) is 78.9 Å². The fourth-order valence-electron chi connectivity index (χ4n) is 5.15. The lowest BCUT2D eigenvalue weighted by molar-refractivity contribution is -0.152. The van der Waals surface area contributed by atoms with E-state index in [1.807, 2.05) is 61.5 Å². The number of nitrogens with zero attached hydrogens (tertiary/aromatic N) is 1. The van der Waals surface area contributed by atoms with Gasteiger partial charge in [-0.25, -0.2) is 9.59 Å². The highest BCUT2D eigenvalue weighted by Gasteiger charge is 2.42. The second kappa shape index (κ2) is 15.9. The summed E-state index contributed by atoms with van der Waals surface area (Å²) < 4.78 is 15.3. The van der Waals surface area contributed by atoms with Crippen molar-refractivity contribution in [3.8, 4) is 5.75 Å². The Morgan fingerprint density at radius 1 is 0.911 bits per heavy atom. The number of likely N-dealkylation sites (tertiary alicyclic amines) is 1. The zero-order valence-corrected chi connectivity index (χ0v) is 26.2. The number of thioether (sulfide) groups is 1. The number of nitrogens with one attached hydrogen (secondary N) is 1. The molecule has 0 radical (unpaired) electrons. The summed E-state index contributed by atoms with van der Waals surface area (Å²) in [6.07, 6.45) is 0.356. The van der Waals surface area contributed by atoms with Crippen molar-refractivity contribution in [1.82, 2.24) is 10.2 Å². The summed E-state index contributed by atoms with van der Waals surface area (Å²) in [6, 6.07) is 22.4. The zero-order chi connectivity index (χ0) is 32.3. The Bertz CT molecular complexity index is 1490. The number of hydrogen-bond acceptors (Lipinski definition) is 9. The molecule has 0 spiro atoms. The molecule has 4 rings (SSSR count). The smallest absolute Gasteiger partial charge is 0.467 e. The van der Waals surface area contributed by atoms with E-state index in [4.69, 9.17) is 14.2 Å². The van der Waals surface area contributed by atoms with Gasteiger partial charge in [-0.15, -0.1) is 0 Å². The van der Waals surface area contributed by atoms with Crippen LogP contribution in [0.25, 0.3) is 0 Å². The summed E-state index contributed by atoms with van der Waals surface area (Å²) >= 11 is 0.858. The van der Waals surface area contributed by atoms with Crippen LogP contribution < -0.4 is 10.1 Å². The van der Waals surface area contributed by atoms with Crippen molar-refractivity contribution in [2.45, 2.75) is 57.1 Å². The maximum atomic E-state index is 13.5. The Labute approximate surface area is 266 Å². The van der Waals surface area contributed by atoms with E-state index in [0.717, 1.165) is 28.5 Å². The molecule has 1 aliphatic heterocycles. The number of hydrogen-bond donors (Lipinski definition) is 1. The van der Waals surface area contributed by atoms with Gasteiger partial charge in [-0.1, -0.05) is 84.1 Å². The number of methoxy groups -OCH3 is 1. The van der Waals surface area contributed by atoms with Gasteiger partial charge in [-0.2, -0.15) is 0 Å². The summed E-state index contributed by atoms with van der Waals surface area (Å²) in [5.74, 6) is -1.16. The maximum absolute atomic E-state index is 13.5. The normalized spacial score (nSPS) is 16.4. The summed E-state index contributed by atoms with van der Waals surface area (Å²) in [5, 5.41) is 1.59. The predicted molar refractivity (Wildman–Crippen MR) is 168 cm³/mol. The molecule has 1 heterocycles. The molecule has 11 heteroatoms. The highest BCUT2D eigenvalue weighted by Crippen LogP contribution is 2.37. The fourth-order valence-corrected chi connectivity index (χ4v) is 6.01. The van der Waals surface area contributed by atoms with Crippen LogP contribution in [0.2, 0.25) is 0 Å². The van der Waals surface area contributed by atoms with Crippen molar-refractivity contribution >= 4 is 40.8 Å². The van der Waals surface area contributed by atoms with E-state index in [9.17, 15) is 24.0 Å². The van der Waals surface area contributed by atoms with Crippen LogP contribution in [-0.4, -0.2) is 58.9 Å². The lowest BCUT2D eigenvalue weighted by atomic mass is 10.0. The van der Waals surface area contributed by atoms with E-state index in [1.165, 1.54) is 18.9 Å². The third kappa shape index (κ3) is 9.42. The van der Waals surface area contributed by atoms with Crippen LogP contribution in [0.5, 0.6) is 5.75 Å². The molecular weight excluding hydrogens is 596 g/mol. The van der Waals surface area contributed by atoms with Gasteiger partial charge < -0.3 is 24.4 Å². The van der Waals surface area contributed by atoms with Crippen molar-refractivity contribution in [1.29, 1.82) is 0 Å². The van der Waals surface area contributed by atoms with Gasteiger partial charge in [0, 0.05) is 6.92 Å². The molecule has 1 aliphatic rings. The van der Waals surface area contributed by atoms with Crippen molar-refractivity contribution in [3.63, 3.8) is 0 Å². The summed E-state index contributed by atoms with van der Waals surface area (Å²) in [4.78, 5) is 64.8. The maximum Gasteiger partial charge on any atom is 0.514 e. The Balaban J connectivity index is 1.36. The molecule has 236 valence electrons. The molecule has 2 unspecified atom stereocenters. The van der Waals surface area contributed by atoms with E-state index in [0.29, 0.717) is 18.4 Å². The van der Waals surface area contributed by atoms with Crippen molar-refractivity contribution < 1.29 is 38.2 Å². The third-order valence-electron chi connectivity index (χ3n) is 7.37. The van der Waals surface area contributed by atoms with Crippen LogP contribution in [0.1, 0.15) is 48.1 Å². The van der Waals surface area contributed by atoms with Gasteiger partial charge in [-0.3, -0.25) is 14.4 Å². The highest BCUT2D eigenvalue weighted by molar-refractivity contribution is 8.14. The summed E-state index contributed by atoms with van der Waals surface area (Å²) in [5.41, 5.74) is 3.51. The SMILES string of the molecule is COC(=O)[C@@H]1CCC(c2ccc(C)cc2)N1C(=O)CNC(=O)C(Cc1ccc(OC(=O)OCc2ccccc2)cc1)SC(C)=O. The van der Waals surface area contributed by atoms with Gasteiger partial charge in [0.05, 0.1) is 24.9 Å². The predicted octanol–water partition coefficient (Wildman–Crippen LogP) is 4.92. The van der Waals surface area contributed by atoms with Crippen LogP contribution in [-0.2, 0) is 41.7 Å². The molecule has 45 heavy (non-hydrogen) atoms. The van der Waals surface area contributed by atoms with Gasteiger partial charge in [-0.05, 0) is 55.0 Å². The first-order valence-electron chi connectivity index (χ1n) is 14.5. The average molecular weight is 633 g/mol. The molecule has 1 saturated heterocycles. The topological polar surface area (TPSA) is 128 Å². The lowest BCUT2D eigenvalue weighted by Gasteiger charge is -2.30. The first-order valence-corrected chi connectivity index (χ1v) is 15.4. The van der Waals surface area contributed by atoms with Crippen molar-refractivity contribution in [2.24, 2.45) is 0 Å². The molecule has 1 N–H and O–H groups in total. The lowest BCUT2D eigenvalue weighted by Crippen LogP contribution is -2.48. The van der Waals surface area contributed by atoms with Gasteiger partial charge >= 0.3 is 12.1 Å². The number of benzene rings is 3. The van der Waals surface area contributed by atoms with E-state index in [-0.39, 0.29) is 36.5 Å². The van der Waals surface area contributed by atoms with Gasteiger partial charge in [0.15, 0.2) is 5.12 Å². The molecule has 1 fully saturated rings.